The lowest BCUT2D eigenvalue weighted by molar-refractivity contribution is 0.453. The molecule has 0 aliphatic carbocycles. The van der Waals surface area contributed by atoms with Crippen molar-refractivity contribution in [3.05, 3.63) is 51.6 Å². The molecule has 0 bridgehead atoms. The van der Waals surface area contributed by atoms with Crippen molar-refractivity contribution in [3.8, 4) is 17.7 Å². The number of benzene rings is 1. The maximum Gasteiger partial charge on any atom is 0.233 e. The van der Waals surface area contributed by atoms with Gasteiger partial charge in [-0.15, -0.1) is 0 Å². The molecule has 0 radical (unpaired) electrons. The van der Waals surface area contributed by atoms with Crippen LogP contribution in [0.1, 0.15) is 16.7 Å². The van der Waals surface area contributed by atoms with Crippen LogP contribution in [0.4, 0.5) is 0 Å². The Balaban J connectivity index is 2.42. The van der Waals surface area contributed by atoms with Crippen LogP contribution in [0.2, 0.25) is 0 Å². The van der Waals surface area contributed by atoms with E-state index < -0.39 is 0 Å². The smallest absolute Gasteiger partial charge is 0.233 e. The standard InChI is InChI=1S/C14H11BrN2O/c1-9-6-11(8-16)7-10(2)13(9)18-14-12(15)4-3-5-17-14/h3-7H,1-2H3. The lowest BCUT2D eigenvalue weighted by Crippen LogP contribution is -1.94. The van der Waals surface area contributed by atoms with E-state index in [1.54, 1.807) is 18.3 Å². The number of nitrogens with zero attached hydrogens (tertiary/aromatic N) is 2. The van der Waals surface area contributed by atoms with Crippen molar-refractivity contribution < 1.29 is 4.74 Å². The number of aryl methyl sites for hydroxylation is 2. The second-order valence-electron chi connectivity index (χ2n) is 3.94. The highest BCUT2D eigenvalue weighted by molar-refractivity contribution is 9.10. The third kappa shape index (κ3) is 2.52. The number of aromatic nitrogens is 1. The third-order valence-corrected chi connectivity index (χ3v) is 3.12. The minimum atomic E-state index is 0.522. The summed E-state index contributed by atoms with van der Waals surface area (Å²) in [5.41, 5.74) is 2.48. The van der Waals surface area contributed by atoms with E-state index in [1.165, 1.54) is 0 Å². The Morgan fingerprint density at radius 3 is 2.50 bits per heavy atom. The lowest BCUT2D eigenvalue weighted by Gasteiger charge is -2.12. The normalized spacial score (nSPS) is 9.89. The second-order valence-corrected chi connectivity index (χ2v) is 4.80. The highest BCUT2D eigenvalue weighted by Crippen LogP contribution is 2.32. The van der Waals surface area contributed by atoms with Crippen LogP contribution < -0.4 is 4.74 Å². The zero-order chi connectivity index (χ0) is 13.1. The molecule has 0 aliphatic rings. The summed E-state index contributed by atoms with van der Waals surface area (Å²) in [6.07, 6.45) is 1.68. The van der Waals surface area contributed by atoms with E-state index in [0.29, 0.717) is 11.4 Å². The molecule has 90 valence electrons. The Morgan fingerprint density at radius 1 is 1.28 bits per heavy atom. The minimum Gasteiger partial charge on any atom is -0.437 e. The minimum absolute atomic E-state index is 0.522. The van der Waals surface area contributed by atoms with Gasteiger partial charge in [-0.05, 0) is 65.2 Å². The molecule has 0 aliphatic heterocycles. The molecule has 0 saturated carbocycles. The van der Waals surface area contributed by atoms with Crippen LogP contribution in [-0.4, -0.2) is 4.98 Å². The predicted octanol–water partition coefficient (Wildman–Crippen LogP) is 4.12. The fourth-order valence-corrected chi connectivity index (χ4v) is 2.05. The van der Waals surface area contributed by atoms with Crippen molar-refractivity contribution in [1.29, 1.82) is 5.26 Å². The van der Waals surface area contributed by atoms with Crippen molar-refractivity contribution >= 4 is 15.9 Å². The molecule has 3 nitrogen and oxygen atoms in total. The average molecular weight is 303 g/mol. The van der Waals surface area contributed by atoms with Crippen molar-refractivity contribution in [3.63, 3.8) is 0 Å². The van der Waals surface area contributed by atoms with Gasteiger partial charge < -0.3 is 4.74 Å². The highest BCUT2D eigenvalue weighted by Gasteiger charge is 2.10. The summed E-state index contributed by atoms with van der Waals surface area (Å²) < 4.78 is 6.60. The molecule has 0 unspecified atom stereocenters. The summed E-state index contributed by atoms with van der Waals surface area (Å²) >= 11 is 3.39. The lowest BCUT2D eigenvalue weighted by atomic mass is 10.1. The van der Waals surface area contributed by atoms with Crippen molar-refractivity contribution in [2.24, 2.45) is 0 Å². The molecule has 1 heterocycles. The second kappa shape index (κ2) is 5.19. The predicted molar refractivity (Wildman–Crippen MR) is 72.6 cm³/mol. The van der Waals surface area contributed by atoms with Gasteiger partial charge in [-0.25, -0.2) is 4.98 Å². The van der Waals surface area contributed by atoms with E-state index in [2.05, 4.69) is 27.0 Å². The van der Waals surface area contributed by atoms with Crippen LogP contribution >= 0.6 is 15.9 Å². The first-order chi connectivity index (χ1) is 8.61. The maximum atomic E-state index is 8.90. The zero-order valence-electron chi connectivity index (χ0n) is 10.1. The number of nitriles is 1. The molecule has 0 atom stereocenters. The van der Waals surface area contributed by atoms with Gasteiger partial charge in [0, 0.05) is 6.20 Å². The van der Waals surface area contributed by atoms with E-state index in [0.717, 1.165) is 21.3 Å². The van der Waals surface area contributed by atoms with Gasteiger partial charge in [0.25, 0.3) is 0 Å². The third-order valence-electron chi connectivity index (χ3n) is 2.51. The summed E-state index contributed by atoms with van der Waals surface area (Å²) in [4.78, 5) is 4.16. The topological polar surface area (TPSA) is 45.9 Å². The number of hydrogen-bond acceptors (Lipinski definition) is 3. The summed E-state index contributed by atoms with van der Waals surface area (Å²) in [5.74, 6) is 1.27. The first-order valence-electron chi connectivity index (χ1n) is 5.41. The molecule has 0 saturated heterocycles. The first-order valence-corrected chi connectivity index (χ1v) is 6.21. The molecule has 0 amide bonds. The van der Waals surface area contributed by atoms with Crippen LogP contribution in [-0.2, 0) is 0 Å². The van der Waals surface area contributed by atoms with Gasteiger partial charge in [-0.2, -0.15) is 5.26 Å². The molecule has 1 aromatic heterocycles. The Morgan fingerprint density at radius 2 is 1.94 bits per heavy atom. The molecule has 2 rings (SSSR count). The molecule has 0 spiro atoms. The van der Waals surface area contributed by atoms with Gasteiger partial charge in [0.05, 0.1) is 16.1 Å². The van der Waals surface area contributed by atoms with Crippen LogP contribution in [0, 0.1) is 25.2 Å². The van der Waals surface area contributed by atoms with Gasteiger partial charge in [0.2, 0.25) is 5.88 Å². The average Bonchev–Trinajstić information content (AvgIpc) is 2.35. The fraction of sp³-hybridized carbons (Fsp3) is 0.143. The molecule has 2 aromatic rings. The molecule has 4 heteroatoms. The Hall–Kier alpha value is -1.86. The fourth-order valence-electron chi connectivity index (χ4n) is 1.72. The number of hydrogen-bond donors (Lipinski definition) is 0. The SMILES string of the molecule is Cc1cc(C#N)cc(C)c1Oc1ncccc1Br. The van der Waals surface area contributed by atoms with Crippen LogP contribution in [0.3, 0.4) is 0 Å². The van der Waals surface area contributed by atoms with Gasteiger partial charge in [-0.3, -0.25) is 0 Å². The van der Waals surface area contributed by atoms with E-state index >= 15 is 0 Å². The first kappa shape index (κ1) is 12.6. The van der Waals surface area contributed by atoms with Gasteiger partial charge >= 0.3 is 0 Å². The largest absolute Gasteiger partial charge is 0.437 e. The number of pyridine rings is 1. The van der Waals surface area contributed by atoms with E-state index in [4.69, 9.17) is 10.00 Å². The van der Waals surface area contributed by atoms with Crippen molar-refractivity contribution in [1.82, 2.24) is 4.98 Å². The summed E-state index contributed by atoms with van der Waals surface area (Å²) in [5, 5.41) is 8.90. The van der Waals surface area contributed by atoms with E-state index in [-0.39, 0.29) is 0 Å². The van der Waals surface area contributed by atoms with Gasteiger partial charge in [0.15, 0.2) is 0 Å². The molecular formula is C14H11BrN2O. The van der Waals surface area contributed by atoms with E-state index in [9.17, 15) is 0 Å². The maximum absolute atomic E-state index is 8.90. The monoisotopic (exact) mass is 302 g/mol. The Kier molecular flexibility index (Phi) is 3.63. The summed E-state index contributed by atoms with van der Waals surface area (Å²) in [6, 6.07) is 9.44. The highest BCUT2D eigenvalue weighted by atomic mass is 79.9. The van der Waals surface area contributed by atoms with Crippen molar-refractivity contribution in [2.45, 2.75) is 13.8 Å². The molecule has 0 fully saturated rings. The molecular weight excluding hydrogens is 292 g/mol. The molecule has 18 heavy (non-hydrogen) atoms. The quantitative estimate of drug-likeness (QED) is 0.838. The van der Waals surface area contributed by atoms with Crippen LogP contribution in [0.25, 0.3) is 0 Å². The Bertz CT molecular complexity index is 609. The molecule has 1 aromatic carbocycles. The Labute approximate surface area is 114 Å². The molecule has 0 N–H and O–H groups in total. The number of halogens is 1. The summed E-state index contributed by atoms with van der Waals surface area (Å²) in [6.45, 7) is 3.83. The van der Waals surface area contributed by atoms with Crippen LogP contribution in [0.15, 0.2) is 34.9 Å². The number of rotatable bonds is 2. The number of ether oxygens (including phenoxy) is 1. The summed E-state index contributed by atoms with van der Waals surface area (Å²) in [7, 11) is 0. The van der Waals surface area contributed by atoms with Gasteiger partial charge in [-0.1, -0.05) is 0 Å². The van der Waals surface area contributed by atoms with Crippen LogP contribution in [0.5, 0.6) is 11.6 Å². The zero-order valence-corrected chi connectivity index (χ0v) is 11.7. The van der Waals surface area contributed by atoms with Crippen molar-refractivity contribution in [2.75, 3.05) is 0 Å². The van der Waals surface area contributed by atoms with Gasteiger partial charge in [0.1, 0.15) is 5.75 Å². The van der Waals surface area contributed by atoms with E-state index in [1.807, 2.05) is 26.0 Å².